The molecule has 0 saturated carbocycles. The molecule has 1 aromatic carbocycles. The van der Waals surface area contributed by atoms with E-state index in [-0.39, 0.29) is 11.4 Å². The standard InChI is InChI=1S/C10H9NO4/c12-8-4-2-1-3-7(8)11-9(13)5-6-10(14)15/h1-6,12H,(H,11,13)(H,14,15)/p-1. The maximum atomic E-state index is 11.1. The average molecular weight is 206 g/mol. The van der Waals surface area contributed by atoms with Gasteiger partial charge in [0.05, 0.1) is 0 Å². The van der Waals surface area contributed by atoms with Crippen molar-refractivity contribution < 1.29 is 19.8 Å². The molecule has 0 unspecified atom stereocenters. The lowest BCUT2D eigenvalue weighted by atomic mass is 10.3. The maximum Gasteiger partial charge on any atom is 0.328 e. The summed E-state index contributed by atoms with van der Waals surface area (Å²) in [4.78, 5) is 21.2. The minimum atomic E-state index is -1.22. The van der Waals surface area contributed by atoms with Crippen LogP contribution in [-0.4, -0.2) is 17.0 Å². The van der Waals surface area contributed by atoms with Crippen LogP contribution in [0.4, 0.5) is 5.69 Å². The van der Waals surface area contributed by atoms with E-state index < -0.39 is 11.9 Å². The summed E-state index contributed by atoms with van der Waals surface area (Å²) in [5, 5.41) is 21.7. The van der Waals surface area contributed by atoms with Crippen LogP contribution >= 0.6 is 0 Å². The fraction of sp³-hybridized carbons (Fsp3) is 0. The SMILES string of the molecule is O=C(O)C=CC(=O)Nc1ccccc1[O-]. The van der Waals surface area contributed by atoms with Crippen molar-refractivity contribution in [3.8, 4) is 5.75 Å². The van der Waals surface area contributed by atoms with Crippen LogP contribution in [0.5, 0.6) is 5.75 Å². The number of nitrogens with one attached hydrogen (secondary N) is 1. The second kappa shape index (κ2) is 4.80. The molecule has 0 radical (unpaired) electrons. The van der Waals surface area contributed by atoms with Crippen molar-refractivity contribution in [3.05, 3.63) is 36.4 Å². The van der Waals surface area contributed by atoms with Gasteiger partial charge in [-0.2, -0.15) is 0 Å². The second-order valence-electron chi connectivity index (χ2n) is 2.66. The molecule has 0 bridgehead atoms. The van der Waals surface area contributed by atoms with Gasteiger partial charge in [0.25, 0.3) is 0 Å². The lowest BCUT2D eigenvalue weighted by Crippen LogP contribution is -2.10. The number of aliphatic carboxylic acids is 1. The van der Waals surface area contributed by atoms with Crippen molar-refractivity contribution in [2.24, 2.45) is 0 Å². The van der Waals surface area contributed by atoms with Crippen LogP contribution in [0.25, 0.3) is 0 Å². The fourth-order valence-electron chi connectivity index (χ4n) is 0.891. The van der Waals surface area contributed by atoms with Crippen molar-refractivity contribution in [2.75, 3.05) is 5.32 Å². The second-order valence-corrected chi connectivity index (χ2v) is 2.66. The highest BCUT2D eigenvalue weighted by Gasteiger charge is 1.98. The molecule has 1 amide bonds. The van der Waals surface area contributed by atoms with Gasteiger partial charge in [-0.1, -0.05) is 23.9 Å². The number of carbonyl (C=O) groups is 2. The van der Waals surface area contributed by atoms with Crippen LogP contribution in [0.3, 0.4) is 0 Å². The molecular weight excluding hydrogens is 198 g/mol. The van der Waals surface area contributed by atoms with Gasteiger partial charge in [0.2, 0.25) is 5.91 Å². The predicted octanol–water partition coefficient (Wildman–Crippen LogP) is 0.339. The van der Waals surface area contributed by atoms with Crippen LogP contribution in [0.2, 0.25) is 0 Å². The Morgan fingerprint density at radius 1 is 1.27 bits per heavy atom. The minimum absolute atomic E-state index is 0.123. The van der Waals surface area contributed by atoms with E-state index in [0.29, 0.717) is 6.08 Å². The van der Waals surface area contributed by atoms with Gasteiger partial charge < -0.3 is 15.5 Å². The van der Waals surface area contributed by atoms with Gasteiger partial charge in [0.15, 0.2) is 0 Å². The van der Waals surface area contributed by atoms with Crippen molar-refractivity contribution in [3.63, 3.8) is 0 Å². The number of carboxylic acid groups (broad SMARTS) is 1. The largest absolute Gasteiger partial charge is 0.871 e. The number of hydrogen-bond donors (Lipinski definition) is 2. The van der Waals surface area contributed by atoms with Gasteiger partial charge >= 0.3 is 5.97 Å². The molecule has 78 valence electrons. The van der Waals surface area contributed by atoms with Gasteiger partial charge in [-0.05, 0) is 6.07 Å². The van der Waals surface area contributed by atoms with Crippen LogP contribution in [-0.2, 0) is 9.59 Å². The number of carbonyl (C=O) groups excluding carboxylic acids is 1. The first-order valence-corrected chi connectivity index (χ1v) is 4.07. The highest BCUT2D eigenvalue weighted by Crippen LogP contribution is 2.17. The average Bonchev–Trinajstić information content (AvgIpc) is 2.18. The van der Waals surface area contributed by atoms with E-state index in [0.717, 1.165) is 6.08 Å². The lowest BCUT2D eigenvalue weighted by molar-refractivity contribution is -0.267. The molecule has 0 atom stereocenters. The number of anilines is 1. The Kier molecular flexibility index (Phi) is 3.45. The summed E-state index contributed by atoms with van der Waals surface area (Å²) in [6, 6.07) is 5.88. The molecule has 1 rings (SSSR count). The summed E-state index contributed by atoms with van der Waals surface area (Å²) in [7, 11) is 0. The van der Waals surface area contributed by atoms with Crippen molar-refractivity contribution in [2.45, 2.75) is 0 Å². The van der Waals surface area contributed by atoms with Gasteiger partial charge in [0.1, 0.15) is 0 Å². The van der Waals surface area contributed by atoms with Crippen LogP contribution in [0, 0.1) is 0 Å². The van der Waals surface area contributed by atoms with Crippen molar-refractivity contribution in [1.82, 2.24) is 0 Å². The van der Waals surface area contributed by atoms with E-state index in [4.69, 9.17) is 5.11 Å². The summed E-state index contributed by atoms with van der Waals surface area (Å²) in [5.41, 5.74) is 0.123. The predicted molar refractivity (Wildman–Crippen MR) is 51.3 cm³/mol. The van der Waals surface area contributed by atoms with E-state index >= 15 is 0 Å². The molecule has 5 heteroatoms. The monoisotopic (exact) mass is 206 g/mol. The number of amides is 1. The van der Waals surface area contributed by atoms with Crippen molar-refractivity contribution in [1.29, 1.82) is 0 Å². The highest BCUT2D eigenvalue weighted by atomic mass is 16.4. The molecule has 0 aliphatic heterocycles. The molecule has 0 aliphatic carbocycles. The summed E-state index contributed by atoms with van der Waals surface area (Å²) < 4.78 is 0. The van der Waals surface area contributed by atoms with E-state index in [9.17, 15) is 14.7 Å². The Hall–Kier alpha value is -2.30. The molecule has 5 nitrogen and oxygen atoms in total. The third kappa shape index (κ3) is 3.51. The molecule has 1 aromatic rings. The Morgan fingerprint density at radius 3 is 2.53 bits per heavy atom. The smallest absolute Gasteiger partial charge is 0.328 e. The van der Waals surface area contributed by atoms with Gasteiger partial charge in [-0.25, -0.2) is 4.79 Å². The third-order valence-electron chi connectivity index (χ3n) is 1.52. The zero-order chi connectivity index (χ0) is 11.3. The summed E-state index contributed by atoms with van der Waals surface area (Å²) in [6.45, 7) is 0. The molecule has 0 heterocycles. The van der Waals surface area contributed by atoms with Crippen LogP contribution in [0.1, 0.15) is 0 Å². The van der Waals surface area contributed by atoms with E-state index in [1.807, 2.05) is 0 Å². The van der Waals surface area contributed by atoms with Gasteiger partial charge in [0, 0.05) is 17.8 Å². The Bertz CT molecular complexity index is 412. The molecule has 0 aromatic heterocycles. The van der Waals surface area contributed by atoms with Crippen LogP contribution < -0.4 is 10.4 Å². The van der Waals surface area contributed by atoms with E-state index in [2.05, 4.69) is 5.32 Å². The van der Waals surface area contributed by atoms with Gasteiger partial charge in [-0.15, -0.1) is 0 Å². The Labute approximate surface area is 85.7 Å². The lowest BCUT2D eigenvalue weighted by Gasteiger charge is -2.12. The van der Waals surface area contributed by atoms with E-state index in [1.54, 1.807) is 12.1 Å². The molecule has 0 saturated heterocycles. The first-order chi connectivity index (χ1) is 7.09. The number of rotatable bonds is 3. The molecular formula is C10H8NO4-. The molecule has 0 fully saturated rings. The topological polar surface area (TPSA) is 89.5 Å². The normalized spacial score (nSPS) is 10.1. The summed E-state index contributed by atoms with van der Waals surface area (Å²) in [5.74, 6) is -2.20. The first-order valence-electron chi connectivity index (χ1n) is 4.07. The number of benzene rings is 1. The number of hydrogen-bond acceptors (Lipinski definition) is 3. The summed E-state index contributed by atoms with van der Waals surface area (Å²) in [6.07, 6.45) is 1.54. The third-order valence-corrected chi connectivity index (χ3v) is 1.52. The number of carboxylic acids is 1. The van der Waals surface area contributed by atoms with Crippen molar-refractivity contribution >= 4 is 17.6 Å². The Morgan fingerprint density at radius 2 is 1.93 bits per heavy atom. The zero-order valence-electron chi connectivity index (χ0n) is 7.64. The Balaban J connectivity index is 2.67. The fourth-order valence-corrected chi connectivity index (χ4v) is 0.891. The number of para-hydroxylation sites is 2. The minimum Gasteiger partial charge on any atom is -0.871 e. The quantitative estimate of drug-likeness (QED) is 0.698. The maximum absolute atomic E-state index is 11.1. The summed E-state index contributed by atoms with van der Waals surface area (Å²) >= 11 is 0. The molecule has 2 N–H and O–H groups in total. The van der Waals surface area contributed by atoms with E-state index in [1.165, 1.54) is 12.1 Å². The van der Waals surface area contributed by atoms with Crippen LogP contribution in [0.15, 0.2) is 36.4 Å². The zero-order valence-corrected chi connectivity index (χ0v) is 7.64. The highest BCUT2D eigenvalue weighted by molar-refractivity contribution is 6.02. The van der Waals surface area contributed by atoms with Gasteiger partial charge in [-0.3, -0.25) is 4.79 Å². The molecule has 0 spiro atoms. The first kappa shape index (κ1) is 10.8. The molecule has 0 aliphatic rings. The molecule has 15 heavy (non-hydrogen) atoms.